The van der Waals surface area contributed by atoms with Gasteiger partial charge in [-0.25, -0.2) is 14.4 Å². The van der Waals surface area contributed by atoms with E-state index in [1.54, 1.807) is 37.3 Å². The highest BCUT2D eigenvalue weighted by atomic mass is 32.1. The number of aryl methyl sites for hydroxylation is 1. The molecule has 156 valence electrons. The number of aromatic nitrogens is 2. The van der Waals surface area contributed by atoms with Gasteiger partial charge in [0, 0.05) is 11.1 Å². The number of carbonyl (C=O) groups is 1. The van der Waals surface area contributed by atoms with Gasteiger partial charge in [-0.05, 0) is 61.9 Å². The van der Waals surface area contributed by atoms with Crippen LogP contribution in [0.1, 0.15) is 20.8 Å². The van der Waals surface area contributed by atoms with Gasteiger partial charge < -0.3 is 15.7 Å². The normalized spacial score (nSPS) is 10.7. The van der Waals surface area contributed by atoms with E-state index in [1.807, 2.05) is 19.1 Å². The molecule has 0 spiro atoms. The van der Waals surface area contributed by atoms with E-state index in [2.05, 4.69) is 20.6 Å². The number of hydrogen-bond acceptors (Lipinski definition) is 6. The molecule has 2 aromatic heterocycles. The van der Waals surface area contributed by atoms with Crippen LogP contribution >= 0.6 is 11.3 Å². The molecule has 0 aliphatic rings. The zero-order valence-electron chi connectivity index (χ0n) is 16.8. The first-order valence-corrected chi connectivity index (χ1v) is 10.3. The molecular formula is C23H19FN4O2S. The van der Waals surface area contributed by atoms with Gasteiger partial charge in [0.15, 0.2) is 5.13 Å². The maximum absolute atomic E-state index is 13.2. The van der Waals surface area contributed by atoms with Crippen molar-refractivity contribution in [3.63, 3.8) is 0 Å². The van der Waals surface area contributed by atoms with Crippen molar-refractivity contribution < 1.29 is 14.3 Å². The third-order valence-corrected chi connectivity index (χ3v) is 5.65. The van der Waals surface area contributed by atoms with Crippen LogP contribution in [-0.4, -0.2) is 21.0 Å². The van der Waals surface area contributed by atoms with Crippen molar-refractivity contribution in [2.75, 3.05) is 10.6 Å². The number of nitrogens with zero attached hydrogens (tertiary/aromatic N) is 2. The highest BCUT2D eigenvalue weighted by molar-refractivity contribution is 7.17. The second kappa shape index (κ2) is 8.53. The van der Waals surface area contributed by atoms with Gasteiger partial charge in [0.05, 0.1) is 17.6 Å². The van der Waals surface area contributed by atoms with Crippen LogP contribution < -0.4 is 10.6 Å². The molecule has 3 N–H and O–H groups in total. The minimum atomic E-state index is -0.310. The van der Waals surface area contributed by atoms with Crippen LogP contribution in [0.15, 0.2) is 60.8 Å². The fourth-order valence-corrected chi connectivity index (χ4v) is 3.75. The predicted octanol–water partition coefficient (Wildman–Crippen LogP) is 5.66. The minimum absolute atomic E-state index is 0.125. The van der Waals surface area contributed by atoms with Crippen LogP contribution in [0, 0.1) is 19.7 Å². The highest BCUT2D eigenvalue weighted by Crippen LogP contribution is 2.30. The van der Waals surface area contributed by atoms with E-state index in [4.69, 9.17) is 0 Å². The molecule has 4 aromatic rings. The number of amides is 1. The molecule has 0 saturated carbocycles. The molecular weight excluding hydrogens is 415 g/mol. The highest BCUT2D eigenvalue weighted by Gasteiger charge is 2.15. The molecule has 0 saturated heterocycles. The van der Waals surface area contributed by atoms with Gasteiger partial charge in [-0.2, -0.15) is 0 Å². The summed E-state index contributed by atoms with van der Waals surface area (Å²) in [6.07, 6.45) is 1.49. The van der Waals surface area contributed by atoms with Crippen LogP contribution in [0.3, 0.4) is 0 Å². The van der Waals surface area contributed by atoms with Crippen LogP contribution in [0.4, 0.5) is 21.0 Å². The summed E-state index contributed by atoms with van der Waals surface area (Å²) in [5, 5.41) is 16.4. The Labute approximate surface area is 182 Å². The van der Waals surface area contributed by atoms with Crippen molar-refractivity contribution in [3.05, 3.63) is 82.6 Å². The molecule has 0 bridgehead atoms. The Morgan fingerprint density at radius 1 is 1.06 bits per heavy atom. The third kappa shape index (κ3) is 4.54. The topological polar surface area (TPSA) is 87.1 Å². The van der Waals surface area contributed by atoms with Gasteiger partial charge in [-0.15, -0.1) is 0 Å². The number of benzene rings is 2. The summed E-state index contributed by atoms with van der Waals surface area (Å²) >= 11 is 1.19. The Bertz CT molecular complexity index is 1250. The van der Waals surface area contributed by atoms with Crippen molar-refractivity contribution in [2.24, 2.45) is 0 Å². The molecule has 0 aliphatic heterocycles. The number of aromatic hydroxyl groups is 1. The van der Waals surface area contributed by atoms with Crippen molar-refractivity contribution >= 4 is 33.9 Å². The van der Waals surface area contributed by atoms with E-state index in [1.165, 1.54) is 29.7 Å². The van der Waals surface area contributed by atoms with E-state index in [9.17, 15) is 14.3 Å². The lowest BCUT2D eigenvalue weighted by Gasteiger charge is -2.11. The molecule has 8 heteroatoms. The smallest absolute Gasteiger partial charge is 0.267 e. The van der Waals surface area contributed by atoms with Crippen LogP contribution in [-0.2, 0) is 0 Å². The number of thiazole rings is 1. The first-order chi connectivity index (χ1) is 14.9. The van der Waals surface area contributed by atoms with Gasteiger partial charge in [0.2, 0.25) is 0 Å². The molecule has 0 atom stereocenters. The first-order valence-electron chi connectivity index (χ1n) is 9.47. The number of halogens is 1. The van der Waals surface area contributed by atoms with E-state index < -0.39 is 0 Å². The molecule has 0 fully saturated rings. The third-order valence-electron chi connectivity index (χ3n) is 4.74. The van der Waals surface area contributed by atoms with Crippen molar-refractivity contribution in [2.45, 2.75) is 13.8 Å². The second-order valence-electron chi connectivity index (χ2n) is 6.93. The number of phenolic OH excluding ortho intramolecular Hbond substituents is 1. The molecule has 2 aromatic carbocycles. The number of pyridine rings is 1. The van der Waals surface area contributed by atoms with Gasteiger partial charge in [-0.3, -0.25) is 4.79 Å². The number of carbonyl (C=O) groups excluding carboxylic acids is 1. The summed E-state index contributed by atoms with van der Waals surface area (Å²) in [7, 11) is 0. The molecule has 4 rings (SSSR count). The fraction of sp³-hybridized carbons (Fsp3) is 0.0870. The summed E-state index contributed by atoms with van der Waals surface area (Å²) < 4.78 is 13.2. The number of nitrogens with one attached hydrogen (secondary N) is 2. The van der Waals surface area contributed by atoms with Crippen molar-refractivity contribution in [1.82, 2.24) is 9.97 Å². The zero-order chi connectivity index (χ0) is 22.0. The molecule has 1 amide bonds. The molecule has 31 heavy (non-hydrogen) atoms. The average Bonchev–Trinajstić information content (AvgIpc) is 3.23. The van der Waals surface area contributed by atoms with Gasteiger partial charge >= 0.3 is 0 Å². The lowest BCUT2D eigenvalue weighted by molar-refractivity contribution is 0.103. The Kier molecular flexibility index (Phi) is 5.64. The van der Waals surface area contributed by atoms with Gasteiger partial charge in [-0.1, -0.05) is 23.5 Å². The monoisotopic (exact) mass is 434 g/mol. The van der Waals surface area contributed by atoms with Crippen molar-refractivity contribution in [3.8, 4) is 17.0 Å². The Morgan fingerprint density at radius 2 is 1.84 bits per heavy atom. The zero-order valence-corrected chi connectivity index (χ0v) is 17.6. The number of rotatable bonds is 5. The quantitative estimate of drug-likeness (QED) is 0.377. The van der Waals surface area contributed by atoms with Crippen LogP contribution in [0.2, 0.25) is 0 Å². The van der Waals surface area contributed by atoms with Gasteiger partial charge in [0.1, 0.15) is 22.3 Å². The minimum Gasteiger partial charge on any atom is -0.508 e. The summed E-state index contributed by atoms with van der Waals surface area (Å²) in [6.45, 7) is 3.61. The first kappa shape index (κ1) is 20.5. The lowest BCUT2D eigenvalue weighted by atomic mass is 10.1. The molecule has 0 unspecified atom stereocenters. The average molecular weight is 434 g/mol. The van der Waals surface area contributed by atoms with E-state index in [0.29, 0.717) is 32.8 Å². The summed E-state index contributed by atoms with van der Waals surface area (Å²) in [4.78, 5) is 21.9. The maximum Gasteiger partial charge on any atom is 0.267 e. The van der Waals surface area contributed by atoms with Crippen molar-refractivity contribution in [1.29, 1.82) is 0 Å². The van der Waals surface area contributed by atoms with Crippen LogP contribution in [0.5, 0.6) is 5.75 Å². The summed E-state index contributed by atoms with van der Waals surface area (Å²) in [5.41, 5.74) is 3.53. The fourth-order valence-electron chi connectivity index (χ4n) is 3.04. The Balaban J connectivity index is 1.50. The Morgan fingerprint density at radius 3 is 2.61 bits per heavy atom. The standard InChI is InChI=1S/C23H19FN4O2S/c1-13-6-11-18(29)14(2)21(13)28-22(30)19-12-25-23(31-19)27-20-5-3-4-17(26-20)15-7-9-16(24)10-8-15/h3-12,29H,1-2H3,(H,28,30)(H,25,26,27). The number of phenols is 1. The van der Waals surface area contributed by atoms with Crippen LogP contribution in [0.25, 0.3) is 11.3 Å². The predicted molar refractivity (Wildman–Crippen MR) is 121 cm³/mol. The SMILES string of the molecule is Cc1ccc(O)c(C)c1NC(=O)c1cnc(Nc2cccc(-c3ccc(F)cc3)n2)s1. The second-order valence-corrected chi connectivity index (χ2v) is 7.96. The maximum atomic E-state index is 13.2. The number of hydrogen-bond donors (Lipinski definition) is 3. The van der Waals surface area contributed by atoms with Gasteiger partial charge in [0.25, 0.3) is 5.91 Å². The van der Waals surface area contributed by atoms with E-state index in [0.717, 1.165) is 11.1 Å². The molecule has 2 heterocycles. The van der Waals surface area contributed by atoms with E-state index >= 15 is 0 Å². The summed E-state index contributed by atoms with van der Waals surface area (Å²) in [6, 6.07) is 14.9. The Hall–Kier alpha value is -3.78. The molecule has 0 aliphatic carbocycles. The largest absolute Gasteiger partial charge is 0.508 e. The molecule has 0 radical (unpaired) electrons. The molecule has 6 nitrogen and oxygen atoms in total. The lowest BCUT2D eigenvalue weighted by Crippen LogP contribution is -2.12. The van der Waals surface area contributed by atoms with E-state index in [-0.39, 0.29) is 17.5 Å². The summed E-state index contributed by atoms with van der Waals surface area (Å²) in [5.74, 6) is 0.0700. The number of anilines is 3.